The summed E-state index contributed by atoms with van der Waals surface area (Å²) in [7, 11) is 1.95. The number of rotatable bonds is 7. The second kappa shape index (κ2) is 10.9. The molecule has 4 rings (SSSR count). The molecule has 8 nitrogen and oxygen atoms in total. The van der Waals surface area contributed by atoms with Crippen LogP contribution in [-0.4, -0.2) is 64.4 Å². The van der Waals surface area contributed by atoms with Crippen LogP contribution in [0.3, 0.4) is 0 Å². The molecular weight excluding hydrogens is 500 g/mol. The number of hydrogen-bond acceptors (Lipinski definition) is 6. The normalized spacial score (nSPS) is 19.6. The van der Waals surface area contributed by atoms with Gasteiger partial charge in [0.05, 0.1) is 13.6 Å². The van der Waals surface area contributed by atoms with Crippen molar-refractivity contribution in [3.63, 3.8) is 0 Å². The molecule has 1 saturated heterocycles. The molecular formula is C25H27BrN4O4. The maximum atomic E-state index is 13.3. The molecule has 1 aromatic heterocycles. The molecule has 1 aliphatic heterocycles. The summed E-state index contributed by atoms with van der Waals surface area (Å²) in [6, 6.07) is 21.0. The van der Waals surface area contributed by atoms with Crippen LogP contribution in [0.15, 0.2) is 79.0 Å². The average molecular weight is 527 g/mol. The minimum absolute atomic E-state index is 0. The van der Waals surface area contributed by atoms with E-state index in [1.807, 2.05) is 19.2 Å². The first-order chi connectivity index (χ1) is 15.9. The van der Waals surface area contributed by atoms with Crippen molar-refractivity contribution < 1.29 is 40.9 Å². The highest BCUT2D eigenvalue weighted by Crippen LogP contribution is 2.32. The first-order valence-electron chi connectivity index (χ1n) is 10.8. The standard InChI is InChI=1S/C25H26N4O4.BrH/c1-29(18-23(30)27-22-13-8-15-26-28-22)16-14-21(17-29)33-24(31)25(32,19-9-4-2-5-10-19)20-11-6-3-7-12-20;/h2-13,15,21,32H,14,16-18H2,1H3;1H/t21?,29-;/m1./s1. The van der Waals surface area contributed by atoms with E-state index in [-0.39, 0.29) is 29.4 Å². The number of anilines is 1. The molecule has 0 bridgehead atoms. The highest BCUT2D eigenvalue weighted by molar-refractivity contribution is 5.90. The van der Waals surface area contributed by atoms with Crippen molar-refractivity contribution in [1.82, 2.24) is 10.2 Å². The van der Waals surface area contributed by atoms with Gasteiger partial charge in [-0.25, -0.2) is 4.79 Å². The predicted octanol–water partition coefficient (Wildman–Crippen LogP) is -0.883. The van der Waals surface area contributed by atoms with Crippen LogP contribution in [-0.2, 0) is 19.9 Å². The van der Waals surface area contributed by atoms with Gasteiger partial charge in [0, 0.05) is 12.6 Å². The molecule has 0 spiro atoms. The Morgan fingerprint density at radius 2 is 1.68 bits per heavy atom. The van der Waals surface area contributed by atoms with Crippen LogP contribution in [0.2, 0.25) is 0 Å². The van der Waals surface area contributed by atoms with E-state index in [9.17, 15) is 14.7 Å². The molecule has 9 heteroatoms. The number of nitrogens with one attached hydrogen (secondary N) is 1. The van der Waals surface area contributed by atoms with Crippen molar-refractivity contribution in [1.29, 1.82) is 0 Å². The molecule has 178 valence electrons. The molecule has 1 fully saturated rings. The van der Waals surface area contributed by atoms with Crippen molar-refractivity contribution >= 4 is 17.7 Å². The predicted molar refractivity (Wildman–Crippen MR) is 122 cm³/mol. The van der Waals surface area contributed by atoms with E-state index in [2.05, 4.69) is 15.5 Å². The minimum Gasteiger partial charge on any atom is -1.00 e. The molecule has 2 atom stereocenters. The number of carbonyl (C=O) groups excluding carboxylic acids is 2. The largest absolute Gasteiger partial charge is 1.00 e. The van der Waals surface area contributed by atoms with Crippen LogP contribution in [0.5, 0.6) is 0 Å². The topological polar surface area (TPSA) is 101 Å². The lowest BCUT2D eigenvalue weighted by Gasteiger charge is -2.30. The van der Waals surface area contributed by atoms with Crippen molar-refractivity contribution in [3.8, 4) is 0 Å². The number of hydrogen-bond donors (Lipinski definition) is 2. The zero-order chi connectivity index (χ0) is 23.3. The van der Waals surface area contributed by atoms with Gasteiger partial charge in [-0.2, -0.15) is 5.10 Å². The van der Waals surface area contributed by atoms with Crippen LogP contribution < -0.4 is 22.3 Å². The molecule has 2 aromatic carbocycles. The number of quaternary nitrogens is 1. The molecule has 0 saturated carbocycles. The minimum atomic E-state index is -1.92. The number of likely N-dealkylation sites (N-methyl/N-ethyl adjacent to an activating group) is 1. The Hall–Kier alpha value is -3.14. The molecule has 1 unspecified atom stereocenters. The molecule has 1 aliphatic rings. The number of aromatic nitrogens is 2. The van der Waals surface area contributed by atoms with E-state index in [1.165, 1.54) is 6.20 Å². The van der Waals surface area contributed by atoms with Gasteiger partial charge in [0.25, 0.3) is 5.91 Å². The Bertz CT molecular complexity index is 1060. The van der Waals surface area contributed by atoms with Gasteiger partial charge in [0.15, 0.2) is 18.5 Å². The summed E-state index contributed by atoms with van der Waals surface area (Å²) >= 11 is 0. The monoisotopic (exact) mass is 526 g/mol. The fraction of sp³-hybridized carbons (Fsp3) is 0.280. The second-order valence-electron chi connectivity index (χ2n) is 8.60. The summed E-state index contributed by atoms with van der Waals surface area (Å²) in [5, 5.41) is 21.9. The number of carbonyl (C=O) groups is 2. The Morgan fingerprint density at radius 1 is 1.06 bits per heavy atom. The Morgan fingerprint density at radius 3 is 2.24 bits per heavy atom. The zero-order valence-electron chi connectivity index (χ0n) is 18.8. The number of likely N-dealkylation sites (tertiary alicyclic amines) is 1. The number of ether oxygens (including phenoxy) is 1. The summed E-state index contributed by atoms with van der Waals surface area (Å²) in [5.74, 6) is -0.510. The van der Waals surface area contributed by atoms with Crippen LogP contribution in [0.4, 0.5) is 5.82 Å². The van der Waals surface area contributed by atoms with Crippen molar-refractivity contribution in [2.24, 2.45) is 0 Å². The fourth-order valence-electron chi connectivity index (χ4n) is 4.26. The molecule has 2 heterocycles. The third-order valence-electron chi connectivity index (χ3n) is 5.95. The molecule has 1 amide bonds. The number of amides is 1. The second-order valence-corrected chi connectivity index (χ2v) is 8.60. The highest BCUT2D eigenvalue weighted by atomic mass is 79.9. The van der Waals surface area contributed by atoms with E-state index < -0.39 is 17.7 Å². The zero-order valence-corrected chi connectivity index (χ0v) is 20.4. The number of aliphatic hydroxyl groups is 1. The van der Waals surface area contributed by atoms with E-state index in [1.54, 1.807) is 60.7 Å². The van der Waals surface area contributed by atoms with E-state index >= 15 is 0 Å². The van der Waals surface area contributed by atoms with Crippen molar-refractivity contribution in [2.45, 2.75) is 18.1 Å². The number of halogens is 1. The summed E-state index contributed by atoms with van der Waals surface area (Å²) in [6.45, 7) is 1.35. The van der Waals surface area contributed by atoms with Crippen LogP contribution in [0.25, 0.3) is 0 Å². The first-order valence-corrected chi connectivity index (χ1v) is 10.8. The molecule has 34 heavy (non-hydrogen) atoms. The maximum Gasteiger partial charge on any atom is 0.348 e. The van der Waals surface area contributed by atoms with E-state index in [0.29, 0.717) is 40.9 Å². The quantitative estimate of drug-likeness (QED) is 0.306. The van der Waals surface area contributed by atoms with Gasteiger partial charge < -0.3 is 36.6 Å². The summed E-state index contributed by atoms with van der Waals surface area (Å²) in [6.07, 6.45) is 1.72. The highest BCUT2D eigenvalue weighted by Gasteiger charge is 2.45. The fourth-order valence-corrected chi connectivity index (χ4v) is 4.26. The Labute approximate surface area is 208 Å². The lowest BCUT2D eigenvalue weighted by Crippen LogP contribution is -3.00. The number of esters is 1. The lowest BCUT2D eigenvalue weighted by atomic mass is 9.86. The molecule has 0 radical (unpaired) electrons. The third-order valence-corrected chi connectivity index (χ3v) is 5.95. The van der Waals surface area contributed by atoms with Gasteiger partial charge in [-0.15, -0.1) is 5.10 Å². The maximum absolute atomic E-state index is 13.3. The van der Waals surface area contributed by atoms with Gasteiger partial charge in [0.2, 0.25) is 5.60 Å². The summed E-state index contributed by atoms with van der Waals surface area (Å²) in [5.41, 5.74) is -1.03. The van der Waals surface area contributed by atoms with E-state index in [4.69, 9.17) is 4.74 Å². The van der Waals surface area contributed by atoms with Crippen LogP contribution in [0.1, 0.15) is 17.5 Å². The van der Waals surface area contributed by atoms with Gasteiger partial charge in [0.1, 0.15) is 6.54 Å². The van der Waals surface area contributed by atoms with Crippen molar-refractivity contribution in [3.05, 3.63) is 90.1 Å². The van der Waals surface area contributed by atoms with E-state index in [0.717, 1.165) is 0 Å². The van der Waals surface area contributed by atoms with Gasteiger partial charge in [-0.3, -0.25) is 4.79 Å². The SMILES string of the molecule is C[N@@+]1(CC(=O)Nc2cccnn2)CCC(OC(=O)C(O)(c2ccccc2)c2ccccc2)C1.[Br-]. The average Bonchev–Trinajstić information content (AvgIpc) is 3.19. The smallest absolute Gasteiger partial charge is 0.348 e. The van der Waals surface area contributed by atoms with Gasteiger partial charge >= 0.3 is 5.97 Å². The molecule has 3 aromatic rings. The van der Waals surface area contributed by atoms with Crippen LogP contribution in [0, 0.1) is 0 Å². The number of nitrogens with zero attached hydrogens (tertiary/aromatic N) is 3. The van der Waals surface area contributed by atoms with Gasteiger partial charge in [-0.1, -0.05) is 60.7 Å². The molecule has 0 aliphatic carbocycles. The van der Waals surface area contributed by atoms with Crippen LogP contribution >= 0.6 is 0 Å². The summed E-state index contributed by atoms with van der Waals surface area (Å²) in [4.78, 5) is 25.8. The Kier molecular flexibility index (Phi) is 8.14. The number of benzene rings is 2. The van der Waals surface area contributed by atoms with Gasteiger partial charge in [-0.05, 0) is 23.3 Å². The lowest BCUT2D eigenvalue weighted by molar-refractivity contribution is -0.890. The first kappa shape index (κ1) is 25.5. The third kappa shape index (κ3) is 5.67. The Balaban J connectivity index is 0.00000324. The summed E-state index contributed by atoms with van der Waals surface area (Å²) < 4.78 is 6.24. The van der Waals surface area contributed by atoms with Crippen molar-refractivity contribution in [2.75, 3.05) is 32.0 Å². The molecule has 2 N–H and O–H groups in total.